The van der Waals surface area contributed by atoms with E-state index in [4.69, 9.17) is 15.2 Å². The molecule has 1 atom stereocenters. The maximum absolute atomic E-state index is 5.93. The van der Waals surface area contributed by atoms with E-state index < -0.39 is 0 Å². The van der Waals surface area contributed by atoms with Crippen LogP contribution in [0.15, 0.2) is 24.3 Å². The zero-order valence-corrected chi connectivity index (χ0v) is 10.6. The fourth-order valence-electron chi connectivity index (χ4n) is 1.93. The van der Waals surface area contributed by atoms with Gasteiger partial charge in [0.2, 0.25) is 0 Å². The second-order valence-corrected chi connectivity index (χ2v) is 5.27. The van der Waals surface area contributed by atoms with E-state index in [9.17, 15) is 0 Å². The lowest BCUT2D eigenvalue weighted by Crippen LogP contribution is -2.44. The lowest BCUT2D eigenvalue weighted by atomic mass is 9.90. The summed E-state index contributed by atoms with van der Waals surface area (Å²) in [6, 6.07) is 8.14. The molecule has 0 spiro atoms. The summed E-state index contributed by atoms with van der Waals surface area (Å²) in [6.07, 6.45) is 0. The average Bonchev–Trinajstić information content (AvgIpc) is 2.33. The number of para-hydroxylation sites is 1. The maximum atomic E-state index is 5.93. The Morgan fingerprint density at radius 3 is 2.71 bits per heavy atom. The number of hydrogen-bond donors (Lipinski definition) is 1. The summed E-state index contributed by atoms with van der Waals surface area (Å²) in [5.74, 6) is 1.29. The van der Waals surface area contributed by atoms with Crippen LogP contribution in [0, 0.1) is 5.41 Å². The minimum atomic E-state index is 0.180. The molecule has 1 aliphatic rings. The van der Waals surface area contributed by atoms with Crippen LogP contribution in [-0.2, 0) is 4.74 Å². The summed E-state index contributed by atoms with van der Waals surface area (Å²) in [5, 5.41) is 0. The number of rotatable bonds is 5. The minimum absolute atomic E-state index is 0.180. The molecule has 1 aromatic rings. The van der Waals surface area contributed by atoms with E-state index in [1.165, 1.54) is 5.56 Å². The van der Waals surface area contributed by atoms with E-state index in [0.717, 1.165) is 19.0 Å². The van der Waals surface area contributed by atoms with Crippen molar-refractivity contribution < 1.29 is 9.47 Å². The third-order valence-electron chi connectivity index (χ3n) is 3.28. The van der Waals surface area contributed by atoms with Gasteiger partial charge in [0.15, 0.2) is 0 Å². The number of hydrogen-bond acceptors (Lipinski definition) is 3. The zero-order chi connectivity index (χ0) is 12.3. The van der Waals surface area contributed by atoms with Crippen molar-refractivity contribution in [1.82, 2.24) is 0 Å². The fraction of sp³-hybridized carbons (Fsp3) is 0.571. The Labute approximate surface area is 103 Å². The molecule has 1 fully saturated rings. The predicted molar refractivity (Wildman–Crippen MR) is 68.3 cm³/mol. The van der Waals surface area contributed by atoms with Gasteiger partial charge < -0.3 is 15.2 Å². The van der Waals surface area contributed by atoms with Gasteiger partial charge in [0, 0.05) is 5.41 Å². The first-order chi connectivity index (χ1) is 8.14. The summed E-state index contributed by atoms with van der Waals surface area (Å²) in [6.45, 7) is 7.24. The summed E-state index contributed by atoms with van der Waals surface area (Å²) in [5.41, 5.74) is 7.09. The van der Waals surface area contributed by atoms with E-state index in [0.29, 0.717) is 19.1 Å². The van der Waals surface area contributed by atoms with E-state index in [2.05, 4.69) is 19.9 Å². The van der Waals surface area contributed by atoms with Crippen LogP contribution >= 0.6 is 0 Å². The quantitative estimate of drug-likeness (QED) is 0.850. The van der Waals surface area contributed by atoms with E-state index in [1.54, 1.807) is 0 Å². The van der Waals surface area contributed by atoms with Crippen LogP contribution in [0.3, 0.4) is 0 Å². The Bertz CT molecular complexity index is 374. The largest absolute Gasteiger partial charge is 0.493 e. The molecule has 3 heteroatoms. The molecule has 2 N–H and O–H groups in total. The van der Waals surface area contributed by atoms with Gasteiger partial charge in [-0.25, -0.2) is 0 Å². The van der Waals surface area contributed by atoms with E-state index >= 15 is 0 Å². The van der Waals surface area contributed by atoms with Crippen molar-refractivity contribution in [2.24, 2.45) is 11.1 Å². The summed E-state index contributed by atoms with van der Waals surface area (Å²) < 4.78 is 11.2. The number of nitrogens with two attached hydrogens (primary N) is 1. The first kappa shape index (κ1) is 12.4. The van der Waals surface area contributed by atoms with Gasteiger partial charge in [-0.3, -0.25) is 0 Å². The van der Waals surface area contributed by atoms with Gasteiger partial charge >= 0.3 is 0 Å². The van der Waals surface area contributed by atoms with Crippen LogP contribution in [0.5, 0.6) is 5.75 Å². The molecule has 2 rings (SSSR count). The molecule has 0 radical (unpaired) electrons. The maximum Gasteiger partial charge on any atom is 0.122 e. The van der Waals surface area contributed by atoms with Gasteiger partial charge in [0.25, 0.3) is 0 Å². The number of ether oxygens (including phenoxy) is 2. The molecular weight excluding hydrogens is 214 g/mol. The van der Waals surface area contributed by atoms with Crippen molar-refractivity contribution in [2.75, 3.05) is 26.4 Å². The zero-order valence-electron chi connectivity index (χ0n) is 10.6. The highest BCUT2D eigenvalue weighted by molar-refractivity contribution is 5.36. The van der Waals surface area contributed by atoms with Crippen LogP contribution in [0.2, 0.25) is 0 Å². The topological polar surface area (TPSA) is 44.5 Å². The summed E-state index contributed by atoms with van der Waals surface area (Å²) in [4.78, 5) is 0. The lowest BCUT2D eigenvalue weighted by molar-refractivity contribution is -0.120. The monoisotopic (exact) mass is 235 g/mol. The summed E-state index contributed by atoms with van der Waals surface area (Å²) in [7, 11) is 0. The Morgan fingerprint density at radius 1 is 1.41 bits per heavy atom. The molecule has 1 aromatic carbocycles. The van der Waals surface area contributed by atoms with Gasteiger partial charge in [-0.05, 0) is 24.1 Å². The van der Waals surface area contributed by atoms with Crippen molar-refractivity contribution in [2.45, 2.75) is 19.8 Å². The normalized spacial score (nSPS) is 19.5. The molecule has 1 heterocycles. The Hall–Kier alpha value is -1.06. The van der Waals surface area contributed by atoms with E-state index in [-0.39, 0.29) is 5.41 Å². The Kier molecular flexibility index (Phi) is 3.69. The number of benzene rings is 1. The molecular formula is C14H21NO2. The smallest absolute Gasteiger partial charge is 0.122 e. The Balaban J connectivity index is 2.04. The molecule has 1 aliphatic heterocycles. The Morgan fingerprint density at radius 2 is 2.12 bits per heavy atom. The van der Waals surface area contributed by atoms with Gasteiger partial charge in [-0.1, -0.05) is 32.0 Å². The first-order valence-corrected chi connectivity index (χ1v) is 6.14. The molecule has 0 amide bonds. The molecule has 0 aliphatic carbocycles. The third kappa shape index (κ3) is 2.79. The van der Waals surface area contributed by atoms with Gasteiger partial charge in [0.05, 0.1) is 19.8 Å². The van der Waals surface area contributed by atoms with Crippen LogP contribution in [-0.4, -0.2) is 26.4 Å². The molecule has 0 saturated carbocycles. The predicted octanol–water partition coefficient (Wildman–Crippen LogP) is 2.16. The van der Waals surface area contributed by atoms with Crippen LogP contribution in [0.4, 0.5) is 0 Å². The van der Waals surface area contributed by atoms with Crippen molar-refractivity contribution in [3.05, 3.63) is 29.8 Å². The highest BCUT2D eigenvalue weighted by Crippen LogP contribution is 2.30. The fourth-order valence-corrected chi connectivity index (χ4v) is 1.93. The molecule has 3 nitrogen and oxygen atoms in total. The summed E-state index contributed by atoms with van der Waals surface area (Å²) >= 11 is 0. The molecule has 0 bridgehead atoms. The molecule has 0 aromatic heterocycles. The van der Waals surface area contributed by atoms with Crippen molar-refractivity contribution >= 4 is 0 Å². The molecule has 17 heavy (non-hydrogen) atoms. The van der Waals surface area contributed by atoms with Crippen LogP contribution < -0.4 is 10.5 Å². The average molecular weight is 235 g/mol. The van der Waals surface area contributed by atoms with Crippen molar-refractivity contribution in [3.8, 4) is 5.75 Å². The molecule has 1 unspecified atom stereocenters. The highest BCUT2D eigenvalue weighted by Gasteiger charge is 2.34. The van der Waals surface area contributed by atoms with Crippen molar-refractivity contribution in [1.29, 1.82) is 0 Å². The van der Waals surface area contributed by atoms with Gasteiger partial charge in [-0.2, -0.15) is 0 Å². The van der Waals surface area contributed by atoms with Crippen LogP contribution in [0.25, 0.3) is 0 Å². The van der Waals surface area contributed by atoms with E-state index in [1.807, 2.05) is 18.2 Å². The first-order valence-electron chi connectivity index (χ1n) is 6.14. The standard InChI is InChI=1S/C14H21NO2/c1-11(7-15)12-5-3-4-6-13(12)17-10-14(2)8-16-9-14/h3-6,11H,7-10,15H2,1-2H3. The lowest BCUT2D eigenvalue weighted by Gasteiger charge is -2.37. The molecule has 1 saturated heterocycles. The van der Waals surface area contributed by atoms with Crippen LogP contribution in [0.1, 0.15) is 25.3 Å². The second kappa shape index (κ2) is 5.07. The minimum Gasteiger partial charge on any atom is -0.493 e. The highest BCUT2D eigenvalue weighted by atomic mass is 16.5. The van der Waals surface area contributed by atoms with Gasteiger partial charge in [-0.15, -0.1) is 0 Å². The SMILES string of the molecule is CC(CN)c1ccccc1OCC1(C)COC1. The van der Waals surface area contributed by atoms with Gasteiger partial charge in [0.1, 0.15) is 5.75 Å². The molecule has 94 valence electrons. The third-order valence-corrected chi connectivity index (χ3v) is 3.28. The van der Waals surface area contributed by atoms with Crippen molar-refractivity contribution in [3.63, 3.8) is 0 Å². The second-order valence-electron chi connectivity index (χ2n) is 5.27.